The van der Waals surface area contributed by atoms with Crippen LogP contribution < -0.4 is 10.6 Å². The zero-order valence-electron chi connectivity index (χ0n) is 16.0. The molecule has 5 nitrogen and oxygen atoms in total. The minimum Gasteiger partial charge on any atom is -0.372 e. The van der Waals surface area contributed by atoms with E-state index in [9.17, 15) is 0 Å². The molecule has 0 aliphatic heterocycles. The maximum atomic E-state index is 5.90. The molecule has 5 heteroatoms. The van der Waals surface area contributed by atoms with Crippen LogP contribution in [0.4, 0.5) is 23.1 Å². The minimum atomic E-state index is 0.412. The molecule has 0 fully saturated rings. The first-order valence-corrected chi connectivity index (χ1v) is 9.48. The normalized spacial score (nSPS) is 10.5. The van der Waals surface area contributed by atoms with E-state index in [0.717, 1.165) is 28.3 Å². The van der Waals surface area contributed by atoms with Crippen molar-refractivity contribution in [1.82, 2.24) is 9.97 Å². The Labute approximate surface area is 170 Å². The molecule has 0 atom stereocenters. The van der Waals surface area contributed by atoms with E-state index < -0.39 is 0 Å². The number of ether oxygens (including phenoxy) is 1. The number of benzene rings is 3. The minimum absolute atomic E-state index is 0.412. The summed E-state index contributed by atoms with van der Waals surface area (Å²) in [5.74, 6) is 1.25. The molecule has 1 aromatic heterocycles. The number of nitrogens with zero attached hydrogens (tertiary/aromatic N) is 2. The van der Waals surface area contributed by atoms with Crippen molar-refractivity contribution in [1.29, 1.82) is 0 Å². The van der Waals surface area contributed by atoms with Crippen LogP contribution in [0.2, 0.25) is 0 Å². The summed E-state index contributed by atoms with van der Waals surface area (Å²) < 4.78 is 5.90. The second kappa shape index (κ2) is 9.48. The van der Waals surface area contributed by atoms with Gasteiger partial charge in [0.15, 0.2) is 0 Å². The molecule has 4 aromatic rings. The van der Waals surface area contributed by atoms with Gasteiger partial charge in [0.05, 0.1) is 13.2 Å². The third kappa shape index (κ3) is 5.40. The van der Waals surface area contributed by atoms with Gasteiger partial charge in [0.25, 0.3) is 0 Å². The van der Waals surface area contributed by atoms with Gasteiger partial charge in [0, 0.05) is 23.1 Å². The molecule has 4 rings (SSSR count). The smallest absolute Gasteiger partial charge is 0.229 e. The van der Waals surface area contributed by atoms with E-state index >= 15 is 0 Å². The molecule has 3 aromatic carbocycles. The molecule has 0 bridgehead atoms. The van der Waals surface area contributed by atoms with Gasteiger partial charge in [-0.05, 0) is 29.8 Å². The average molecular weight is 382 g/mol. The van der Waals surface area contributed by atoms with Crippen LogP contribution in [0.5, 0.6) is 0 Å². The van der Waals surface area contributed by atoms with Gasteiger partial charge >= 0.3 is 0 Å². The van der Waals surface area contributed by atoms with Gasteiger partial charge in [-0.2, -0.15) is 4.98 Å². The Hall–Kier alpha value is -3.70. The summed E-state index contributed by atoms with van der Waals surface area (Å²) >= 11 is 0. The number of aromatic nitrogens is 2. The van der Waals surface area contributed by atoms with E-state index in [4.69, 9.17) is 4.74 Å². The maximum Gasteiger partial charge on any atom is 0.229 e. The zero-order chi connectivity index (χ0) is 19.7. The van der Waals surface area contributed by atoms with Crippen molar-refractivity contribution in [3.05, 3.63) is 108 Å². The van der Waals surface area contributed by atoms with Gasteiger partial charge in [-0.3, -0.25) is 0 Å². The molecule has 0 saturated heterocycles. The number of hydrogen-bond donors (Lipinski definition) is 2. The first kappa shape index (κ1) is 18.7. The van der Waals surface area contributed by atoms with E-state index in [0.29, 0.717) is 19.2 Å². The Morgan fingerprint density at radius 3 is 1.90 bits per heavy atom. The molecule has 1 heterocycles. The number of hydrogen-bond acceptors (Lipinski definition) is 5. The molecule has 29 heavy (non-hydrogen) atoms. The van der Waals surface area contributed by atoms with E-state index in [1.54, 1.807) is 6.20 Å². The van der Waals surface area contributed by atoms with Crippen LogP contribution in [0.25, 0.3) is 0 Å². The van der Waals surface area contributed by atoms with Crippen LogP contribution in [-0.4, -0.2) is 9.97 Å². The van der Waals surface area contributed by atoms with Gasteiger partial charge in [0.1, 0.15) is 5.82 Å². The molecular formula is C24H22N4O. The van der Waals surface area contributed by atoms with E-state index in [1.165, 1.54) is 0 Å². The summed E-state index contributed by atoms with van der Waals surface area (Å²) in [5.41, 5.74) is 3.92. The van der Waals surface area contributed by atoms with Crippen molar-refractivity contribution in [2.75, 3.05) is 10.6 Å². The standard InChI is InChI=1S/C24H22N4O/c1-4-10-19(11-5-1)17-29-18-20-16-25-24(27-22-14-8-3-9-15-22)28-23(20)26-21-12-6-2-7-13-21/h1-16H,17-18H2,(H2,25,26,27,28). The van der Waals surface area contributed by atoms with Crippen LogP contribution in [0.3, 0.4) is 0 Å². The number of nitrogens with one attached hydrogen (secondary N) is 2. The summed E-state index contributed by atoms with van der Waals surface area (Å²) in [7, 11) is 0. The first-order valence-electron chi connectivity index (χ1n) is 9.48. The van der Waals surface area contributed by atoms with Crippen molar-refractivity contribution < 1.29 is 4.74 Å². The van der Waals surface area contributed by atoms with Crippen molar-refractivity contribution in [2.24, 2.45) is 0 Å². The molecule has 0 aliphatic rings. The maximum absolute atomic E-state index is 5.90. The molecule has 0 spiro atoms. The highest BCUT2D eigenvalue weighted by atomic mass is 16.5. The summed E-state index contributed by atoms with van der Waals surface area (Å²) in [6, 6.07) is 29.9. The largest absolute Gasteiger partial charge is 0.372 e. The average Bonchev–Trinajstić information content (AvgIpc) is 2.77. The van der Waals surface area contributed by atoms with Gasteiger partial charge in [-0.1, -0.05) is 66.7 Å². The third-order valence-electron chi connectivity index (χ3n) is 4.30. The topological polar surface area (TPSA) is 59.1 Å². The van der Waals surface area contributed by atoms with Gasteiger partial charge < -0.3 is 15.4 Å². The quantitative estimate of drug-likeness (QED) is 0.410. The lowest BCUT2D eigenvalue weighted by Gasteiger charge is -2.13. The van der Waals surface area contributed by atoms with Gasteiger partial charge in [-0.15, -0.1) is 0 Å². The fraction of sp³-hybridized carbons (Fsp3) is 0.0833. The molecule has 0 saturated carbocycles. The number of rotatable bonds is 8. The molecule has 144 valence electrons. The highest BCUT2D eigenvalue weighted by molar-refractivity contribution is 5.62. The van der Waals surface area contributed by atoms with Gasteiger partial charge in [0.2, 0.25) is 5.95 Å². The van der Waals surface area contributed by atoms with E-state index in [1.807, 2.05) is 91.0 Å². The Morgan fingerprint density at radius 2 is 1.24 bits per heavy atom. The molecule has 0 amide bonds. The summed E-state index contributed by atoms with van der Waals surface area (Å²) in [4.78, 5) is 9.14. The van der Waals surface area contributed by atoms with Crippen molar-refractivity contribution >= 4 is 23.1 Å². The van der Waals surface area contributed by atoms with Crippen LogP contribution >= 0.6 is 0 Å². The van der Waals surface area contributed by atoms with Crippen molar-refractivity contribution in [3.63, 3.8) is 0 Å². The third-order valence-corrected chi connectivity index (χ3v) is 4.30. The second-order valence-corrected chi connectivity index (χ2v) is 6.53. The van der Waals surface area contributed by atoms with Crippen LogP contribution in [0, 0.1) is 0 Å². The van der Waals surface area contributed by atoms with Crippen LogP contribution in [0.15, 0.2) is 97.2 Å². The molecular weight excluding hydrogens is 360 g/mol. The highest BCUT2D eigenvalue weighted by Gasteiger charge is 2.09. The van der Waals surface area contributed by atoms with Crippen LogP contribution in [0.1, 0.15) is 11.1 Å². The Balaban J connectivity index is 1.52. The zero-order valence-corrected chi connectivity index (χ0v) is 16.0. The predicted molar refractivity (Wildman–Crippen MR) is 116 cm³/mol. The first-order chi connectivity index (χ1) is 14.4. The fourth-order valence-corrected chi connectivity index (χ4v) is 2.84. The van der Waals surface area contributed by atoms with E-state index in [2.05, 4.69) is 20.6 Å². The Morgan fingerprint density at radius 1 is 0.655 bits per heavy atom. The van der Waals surface area contributed by atoms with Crippen molar-refractivity contribution in [2.45, 2.75) is 13.2 Å². The summed E-state index contributed by atoms with van der Waals surface area (Å²) in [6.45, 7) is 0.950. The molecule has 0 aliphatic carbocycles. The summed E-state index contributed by atoms with van der Waals surface area (Å²) in [6.07, 6.45) is 1.80. The SMILES string of the molecule is c1ccc(COCc2cnc(Nc3ccccc3)nc2Nc2ccccc2)cc1. The van der Waals surface area contributed by atoms with Crippen molar-refractivity contribution in [3.8, 4) is 0 Å². The number of para-hydroxylation sites is 2. The monoisotopic (exact) mass is 382 g/mol. The molecule has 0 radical (unpaired) electrons. The lowest BCUT2D eigenvalue weighted by Crippen LogP contribution is -2.06. The fourth-order valence-electron chi connectivity index (χ4n) is 2.84. The Bertz CT molecular complexity index is 1020. The predicted octanol–water partition coefficient (Wildman–Crippen LogP) is 5.68. The van der Waals surface area contributed by atoms with E-state index in [-0.39, 0.29) is 0 Å². The Kier molecular flexibility index (Phi) is 6.10. The number of anilines is 4. The summed E-state index contributed by atoms with van der Waals surface area (Å²) in [5, 5.41) is 6.61. The lowest BCUT2D eigenvalue weighted by atomic mass is 10.2. The lowest BCUT2D eigenvalue weighted by molar-refractivity contribution is 0.107. The molecule has 2 N–H and O–H groups in total. The molecule has 0 unspecified atom stereocenters. The highest BCUT2D eigenvalue weighted by Crippen LogP contribution is 2.22. The second-order valence-electron chi connectivity index (χ2n) is 6.53. The van der Waals surface area contributed by atoms with Crippen LogP contribution in [-0.2, 0) is 18.0 Å². The van der Waals surface area contributed by atoms with Gasteiger partial charge in [-0.25, -0.2) is 4.98 Å².